The Balaban J connectivity index is 1.66. The van der Waals surface area contributed by atoms with Crippen LogP contribution in [0.4, 0.5) is 10.1 Å². The van der Waals surface area contributed by atoms with Crippen molar-refractivity contribution in [3.63, 3.8) is 0 Å². The molecule has 3 aromatic rings. The van der Waals surface area contributed by atoms with Crippen LogP contribution in [-0.2, 0) is 6.54 Å². The predicted molar refractivity (Wildman–Crippen MR) is 106 cm³/mol. The number of carbonyl (C=O) groups excluding carboxylic acids is 3. The molecule has 2 aromatic carbocycles. The van der Waals surface area contributed by atoms with Crippen molar-refractivity contribution in [2.45, 2.75) is 13.5 Å². The zero-order chi connectivity index (χ0) is 20.8. The van der Waals surface area contributed by atoms with E-state index in [9.17, 15) is 18.8 Å². The molecular weight excluding hydrogens is 373 g/mol. The van der Waals surface area contributed by atoms with Gasteiger partial charge in [0.2, 0.25) is 0 Å². The molecule has 0 bridgehead atoms. The van der Waals surface area contributed by atoms with Crippen molar-refractivity contribution in [3.8, 4) is 0 Å². The number of nitrogens with zero attached hydrogens (tertiary/aromatic N) is 1. The lowest BCUT2D eigenvalue weighted by Gasteiger charge is -2.08. The average Bonchev–Trinajstić information content (AvgIpc) is 2.73. The molecule has 146 valence electrons. The highest BCUT2D eigenvalue weighted by molar-refractivity contribution is 6.06. The number of Topliss-reactive ketones (excluding diaryl/α,β-unsaturated/α-hetero) is 1. The third kappa shape index (κ3) is 5.10. The number of pyridine rings is 1. The Morgan fingerprint density at radius 1 is 0.931 bits per heavy atom. The second kappa shape index (κ2) is 8.88. The van der Waals surface area contributed by atoms with Crippen molar-refractivity contribution in [1.29, 1.82) is 0 Å². The SMILES string of the molecule is CC(=O)c1ccc(NC(=O)c2ccnc(C(=O)NCc3ccccc3F)c2)cc1. The van der Waals surface area contributed by atoms with Gasteiger partial charge in [-0.05, 0) is 49.4 Å². The van der Waals surface area contributed by atoms with Gasteiger partial charge < -0.3 is 10.6 Å². The normalized spacial score (nSPS) is 10.3. The molecule has 0 aliphatic rings. The van der Waals surface area contributed by atoms with Gasteiger partial charge in [0.15, 0.2) is 5.78 Å². The van der Waals surface area contributed by atoms with E-state index in [1.165, 1.54) is 31.3 Å². The Labute approximate surface area is 166 Å². The quantitative estimate of drug-likeness (QED) is 0.629. The van der Waals surface area contributed by atoms with E-state index in [1.54, 1.807) is 42.5 Å². The van der Waals surface area contributed by atoms with Crippen LogP contribution < -0.4 is 10.6 Å². The van der Waals surface area contributed by atoms with Crippen molar-refractivity contribution >= 4 is 23.3 Å². The van der Waals surface area contributed by atoms with Crippen molar-refractivity contribution in [2.75, 3.05) is 5.32 Å². The van der Waals surface area contributed by atoms with Crippen molar-refractivity contribution in [2.24, 2.45) is 0 Å². The largest absolute Gasteiger partial charge is 0.347 e. The van der Waals surface area contributed by atoms with Gasteiger partial charge in [-0.2, -0.15) is 0 Å². The standard InChI is InChI=1S/C22H18FN3O3/c1-14(27)15-6-8-18(9-7-15)26-21(28)16-10-11-24-20(12-16)22(29)25-13-17-4-2-3-5-19(17)23/h2-12H,13H2,1H3,(H,25,29)(H,26,28). The van der Waals surface area contributed by atoms with Crippen LogP contribution in [0.1, 0.15) is 43.7 Å². The Bertz CT molecular complexity index is 1060. The minimum Gasteiger partial charge on any atom is -0.347 e. The lowest BCUT2D eigenvalue weighted by atomic mass is 10.1. The molecule has 2 amide bonds. The first kappa shape index (κ1) is 19.9. The van der Waals surface area contributed by atoms with Crippen LogP contribution in [-0.4, -0.2) is 22.6 Å². The number of benzene rings is 2. The molecule has 0 saturated carbocycles. The molecule has 0 unspecified atom stereocenters. The van der Waals surface area contributed by atoms with Crippen molar-refractivity contribution in [1.82, 2.24) is 10.3 Å². The number of amides is 2. The summed E-state index contributed by atoms with van der Waals surface area (Å²) in [6.45, 7) is 1.47. The van der Waals surface area contributed by atoms with Gasteiger partial charge in [0.25, 0.3) is 11.8 Å². The number of hydrogen-bond acceptors (Lipinski definition) is 4. The van der Waals surface area contributed by atoms with Crippen molar-refractivity contribution < 1.29 is 18.8 Å². The first-order valence-corrected chi connectivity index (χ1v) is 8.84. The van der Waals surface area contributed by atoms with Crippen LogP contribution in [0.25, 0.3) is 0 Å². The van der Waals surface area contributed by atoms with E-state index < -0.39 is 17.6 Å². The molecule has 0 spiro atoms. The fourth-order valence-corrected chi connectivity index (χ4v) is 2.60. The van der Waals surface area contributed by atoms with Gasteiger partial charge in [0.05, 0.1) is 0 Å². The lowest BCUT2D eigenvalue weighted by molar-refractivity contribution is 0.0944. The van der Waals surface area contributed by atoms with E-state index in [0.717, 1.165) is 0 Å². The molecule has 3 rings (SSSR count). The van der Waals surface area contributed by atoms with E-state index in [0.29, 0.717) is 16.8 Å². The van der Waals surface area contributed by atoms with E-state index in [2.05, 4.69) is 15.6 Å². The van der Waals surface area contributed by atoms with E-state index in [4.69, 9.17) is 0 Å². The number of halogens is 1. The monoisotopic (exact) mass is 391 g/mol. The molecule has 2 N–H and O–H groups in total. The summed E-state index contributed by atoms with van der Waals surface area (Å²) in [5.41, 5.74) is 1.69. The van der Waals surface area contributed by atoms with Gasteiger partial charge in [-0.15, -0.1) is 0 Å². The molecule has 0 atom stereocenters. The first-order valence-electron chi connectivity index (χ1n) is 8.84. The maximum absolute atomic E-state index is 13.7. The molecule has 0 aliphatic carbocycles. The number of hydrogen-bond donors (Lipinski definition) is 2. The van der Waals surface area contributed by atoms with E-state index >= 15 is 0 Å². The van der Waals surface area contributed by atoms with Crippen LogP contribution >= 0.6 is 0 Å². The maximum Gasteiger partial charge on any atom is 0.270 e. The zero-order valence-electron chi connectivity index (χ0n) is 15.6. The fourth-order valence-electron chi connectivity index (χ4n) is 2.60. The lowest BCUT2D eigenvalue weighted by Crippen LogP contribution is -2.25. The molecule has 0 saturated heterocycles. The highest BCUT2D eigenvalue weighted by Gasteiger charge is 2.13. The summed E-state index contributed by atoms with van der Waals surface area (Å²) < 4.78 is 13.7. The first-order chi connectivity index (χ1) is 13.9. The maximum atomic E-state index is 13.7. The number of carbonyl (C=O) groups is 3. The molecule has 1 heterocycles. The Morgan fingerprint density at radius 3 is 2.34 bits per heavy atom. The van der Waals surface area contributed by atoms with Crippen molar-refractivity contribution in [3.05, 3.63) is 95.1 Å². The zero-order valence-corrected chi connectivity index (χ0v) is 15.6. The minimum absolute atomic E-state index is 0.00606. The molecule has 0 radical (unpaired) electrons. The smallest absolute Gasteiger partial charge is 0.270 e. The van der Waals surface area contributed by atoms with Crippen LogP contribution in [0.3, 0.4) is 0 Å². The number of rotatable bonds is 6. The predicted octanol–water partition coefficient (Wildman–Crippen LogP) is 3.61. The number of nitrogens with one attached hydrogen (secondary N) is 2. The second-order valence-electron chi connectivity index (χ2n) is 6.29. The van der Waals surface area contributed by atoms with Gasteiger partial charge in [-0.25, -0.2) is 4.39 Å². The third-order valence-electron chi connectivity index (χ3n) is 4.20. The summed E-state index contributed by atoms with van der Waals surface area (Å²) in [5, 5.41) is 5.28. The number of aromatic nitrogens is 1. The van der Waals surface area contributed by atoms with E-state index in [-0.39, 0.29) is 23.6 Å². The van der Waals surface area contributed by atoms with Gasteiger partial charge in [-0.3, -0.25) is 19.4 Å². The summed E-state index contributed by atoms with van der Waals surface area (Å²) in [6, 6.07) is 15.4. The fraction of sp³-hybridized carbons (Fsp3) is 0.0909. The molecule has 0 fully saturated rings. The van der Waals surface area contributed by atoms with Gasteiger partial charge >= 0.3 is 0 Å². The number of ketones is 1. The number of anilines is 1. The molecule has 6 nitrogen and oxygen atoms in total. The molecule has 0 aliphatic heterocycles. The third-order valence-corrected chi connectivity index (χ3v) is 4.20. The summed E-state index contributed by atoms with van der Waals surface area (Å²) in [5.74, 6) is -1.42. The molecule has 29 heavy (non-hydrogen) atoms. The van der Waals surface area contributed by atoms with E-state index in [1.807, 2.05) is 0 Å². The summed E-state index contributed by atoms with van der Waals surface area (Å²) in [4.78, 5) is 40.0. The molecule has 1 aromatic heterocycles. The topological polar surface area (TPSA) is 88.2 Å². The minimum atomic E-state index is -0.520. The summed E-state index contributed by atoms with van der Waals surface area (Å²) >= 11 is 0. The van der Waals surface area contributed by atoms with Crippen LogP contribution in [0.5, 0.6) is 0 Å². The summed E-state index contributed by atoms with van der Waals surface area (Å²) in [7, 11) is 0. The van der Waals surface area contributed by atoms with Crippen LogP contribution in [0.15, 0.2) is 66.9 Å². The highest BCUT2D eigenvalue weighted by atomic mass is 19.1. The molecular formula is C22H18FN3O3. The Kier molecular flexibility index (Phi) is 6.09. The second-order valence-corrected chi connectivity index (χ2v) is 6.29. The Hall–Kier alpha value is -3.87. The van der Waals surface area contributed by atoms with Crippen LogP contribution in [0.2, 0.25) is 0 Å². The van der Waals surface area contributed by atoms with Gasteiger partial charge in [-0.1, -0.05) is 18.2 Å². The highest BCUT2D eigenvalue weighted by Crippen LogP contribution is 2.13. The summed E-state index contributed by atoms with van der Waals surface area (Å²) in [6.07, 6.45) is 1.35. The van der Waals surface area contributed by atoms with Crippen LogP contribution in [0, 0.1) is 5.82 Å². The molecule has 7 heteroatoms. The van der Waals surface area contributed by atoms with Gasteiger partial charge in [0.1, 0.15) is 11.5 Å². The Morgan fingerprint density at radius 2 is 1.66 bits per heavy atom. The average molecular weight is 391 g/mol. The van der Waals surface area contributed by atoms with Gasteiger partial charge in [0, 0.05) is 35.1 Å².